The Balaban J connectivity index is 1.51. The van der Waals surface area contributed by atoms with E-state index in [1.54, 1.807) is 7.11 Å². The number of piperidine rings is 1. The van der Waals surface area contributed by atoms with Crippen molar-refractivity contribution >= 4 is 5.95 Å². The molecule has 1 aromatic heterocycles. The molecule has 6 nitrogen and oxygen atoms in total. The number of hydrogen-bond donors (Lipinski definition) is 1. The lowest BCUT2D eigenvalue weighted by molar-refractivity contribution is 0.240. The van der Waals surface area contributed by atoms with Gasteiger partial charge in [-0.2, -0.15) is 0 Å². The SMILES string of the molecule is COc1ccc(CN2CCc3c(nc(N4CCC[C@H](C)C4)[nH]c3=O)C2)cc1. The third kappa shape index (κ3) is 4.00. The van der Waals surface area contributed by atoms with E-state index >= 15 is 0 Å². The highest BCUT2D eigenvalue weighted by Gasteiger charge is 2.24. The first-order valence-corrected chi connectivity index (χ1v) is 9.84. The number of aromatic amines is 1. The van der Waals surface area contributed by atoms with E-state index in [1.807, 2.05) is 12.1 Å². The molecule has 0 aliphatic carbocycles. The van der Waals surface area contributed by atoms with Gasteiger partial charge in [-0.15, -0.1) is 0 Å². The second kappa shape index (κ2) is 7.72. The molecule has 0 unspecified atom stereocenters. The molecule has 1 N–H and O–H groups in total. The van der Waals surface area contributed by atoms with Gasteiger partial charge in [-0.25, -0.2) is 4.98 Å². The van der Waals surface area contributed by atoms with Gasteiger partial charge in [0.1, 0.15) is 5.75 Å². The maximum Gasteiger partial charge on any atom is 0.255 e. The van der Waals surface area contributed by atoms with E-state index in [0.717, 1.165) is 68.5 Å². The molecule has 0 saturated carbocycles. The van der Waals surface area contributed by atoms with Gasteiger partial charge in [0.25, 0.3) is 5.56 Å². The van der Waals surface area contributed by atoms with Crippen molar-refractivity contribution in [3.05, 3.63) is 51.4 Å². The van der Waals surface area contributed by atoms with Gasteiger partial charge in [0.2, 0.25) is 5.95 Å². The first kappa shape index (κ1) is 18.0. The normalized spacial score (nSPS) is 20.4. The van der Waals surface area contributed by atoms with E-state index in [-0.39, 0.29) is 5.56 Å². The summed E-state index contributed by atoms with van der Waals surface area (Å²) in [6.45, 7) is 6.66. The van der Waals surface area contributed by atoms with Crippen LogP contribution < -0.4 is 15.2 Å². The van der Waals surface area contributed by atoms with Crippen molar-refractivity contribution < 1.29 is 4.74 Å². The van der Waals surface area contributed by atoms with E-state index in [2.05, 4.69) is 33.8 Å². The van der Waals surface area contributed by atoms with Crippen molar-refractivity contribution in [1.29, 1.82) is 0 Å². The number of anilines is 1. The number of nitrogens with zero attached hydrogens (tertiary/aromatic N) is 3. The van der Waals surface area contributed by atoms with Crippen LogP contribution in [0, 0.1) is 5.92 Å². The van der Waals surface area contributed by atoms with Crippen LogP contribution in [0.4, 0.5) is 5.95 Å². The molecule has 1 fully saturated rings. The number of nitrogens with one attached hydrogen (secondary N) is 1. The minimum atomic E-state index is 0.0392. The highest BCUT2D eigenvalue weighted by molar-refractivity contribution is 5.35. The molecule has 4 rings (SSSR count). The molecule has 1 saturated heterocycles. The average Bonchev–Trinajstić information content (AvgIpc) is 2.68. The van der Waals surface area contributed by atoms with Gasteiger partial charge in [0, 0.05) is 38.3 Å². The Morgan fingerprint density at radius 2 is 2.07 bits per heavy atom. The smallest absolute Gasteiger partial charge is 0.255 e. The second-order valence-electron chi connectivity index (χ2n) is 7.82. The van der Waals surface area contributed by atoms with Crippen molar-refractivity contribution in [3.63, 3.8) is 0 Å². The minimum absolute atomic E-state index is 0.0392. The van der Waals surface area contributed by atoms with Crippen molar-refractivity contribution in [2.24, 2.45) is 5.92 Å². The summed E-state index contributed by atoms with van der Waals surface area (Å²) in [5.41, 5.74) is 3.08. The number of hydrogen-bond acceptors (Lipinski definition) is 5. The Morgan fingerprint density at radius 1 is 1.26 bits per heavy atom. The summed E-state index contributed by atoms with van der Waals surface area (Å²) in [6.07, 6.45) is 3.16. The van der Waals surface area contributed by atoms with Crippen LogP contribution in [0.25, 0.3) is 0 Å². The van der Waals surface area contributed by atoms with Crippen molar-refractivity contribution in [1.82, 2.24) is 14.9 Å². The van der Waals surface area contributed by atoms with Crippen LogP contribution >= 0.6 is 0 Å². The maximum absolute atomic E-state index is 12.6. The number of rotatable bonds is 4. The molecule has 1 atom stereocenters. The lowest BCUT2D eigenvalue weighted by Crippen LogP contribution is -2.39. The predicted octanol–water partition coefficient (Wildman–Crippen LogP) is 2.57. The maximum atomic E-state index is 12.6. The molecular formula is C21H28N4O2. The summed E-state index contributed by atoms with van der Waals surface area (Å²) in [4.78, 5) is 25.1. The van der Waals surface area contributed by atoms with E-state index in [1.165, 1.54) is 12.0 Å². The number of H-pyrrole nitrogens is 1. The average molecular weight is 368 g/mol. The molecular weight excluding hydrogens is 340 g/mol. The van der Waals surface area contributed by atoms with E-state index in [9.17, 15) is 4.79 Å². The summed E-state index contributed by atoms with van der Waals surface area (Å²) in [5, 5.41) is 0. The quantitative estimate of drug-likeness (QED) is 0.899. The third-order valence-electron chi connectivity index (χ3n) is 5.66. The molecule has 27 heavy (non-hydrogen) atoms. The van der Waals surface area contributed by atoms with E-state index < -0.39 is 0 Å². The highest BCUT2D eigenvalue weighted by Crippen LogP contribution is 2.22. The fourth-order valence-corrected chi connectivity index (χ4v) is 4.14. The predicted molar refractivity (Wildman–Crippen MR) is 106 cm³/mol. The standard InChI is InChI=1S/C21H28N4O2/c1-15-4-3-10-25(12-15)21-22-19-14-24(11-9-18(19)20(26)23-21)13-16-5-7-17(27-2)8-6-16/h5-8,15H,3-4,9-14H2,1-2H3,(H,22,23,26)/t15-/m0/s1. The Bertz CT molecular complexity index is 846. The monoisotopic (exact) mass is 368 g/mol. The number of methoxy groups -OCH3 is 1. The molecule has 2 aliphatic rings. The van der Waals surface area contributed by atoms with Crippen LogP contribution in [0.3, 0.4) is 0 Å². The zero-order valence-corrected chi connectivity index (χ0v) is 16.2. The topological polar surface area (TPSA) is 61.5 Å². The Hall–Kier alpha value is -2.34. The zero-order chi connectivity index (χ0) is 18.8. The molecule has 1 aromatic carbocycles. The molecule has 2 aromatic rings. The fraction of sp³-hybridized carbons (Fsp3) is 0.524. The van der Waals surface area contributed by atoms with Gasteiger partial charge < -0.3 is 9.64 Å². The van der Waals surface area contributed by atoms with Gasteiger partial charge in [-0.1, -0.05) is 19.1 Å². The van der Waals surface area contributed by atoms with Crippen LogP contribution in [-0.2, 0) is 19.5 Å². The molecule has 0 radical (unpaired) electrons. The summed E-state index contributed by atoms with van der Waals surface area (Å²) in [5.74, 6) is 2.26. The van der Waals surface area contributed by atoms with Gasteiger partial charge in [-0.05, 0) is 42.9 Å². The van der Waals surface area contributed by atoms with Gasteiger partial charge in [0.15, 0.2) is 0 Å². The molecule has 0 spiro atoms. The first-order valence-electron chi connectivity index (χ1n) is 9.84. The number of aromatic nitrogens is 2. The number of benzene rings is 1. The Morgan fingerprint density at radius 3 is 2.81 bits per heavy atom. The highest BCUT2D eigenvalue weighted by atomic mass is 16.5. The number of ether oxygens (including phenoxy) is 1. The summed E-state index contributed by atoms with van der Waals surface area (Å²) in [6, 6.07) is 8.18. The summed E-state index contributed by atoms with van der Waals surface area (Å²) in [7, 11) is 1.68. The van der Waals surface area contributed by atoms with Gasteiger partial charge in [-0.3, -0.25) is 14.7 Å². The molecule has 6 heteroatoms. The van der Waals surface area contributed by atoms with Crippen LogP contribution in [0.1, 0.15) is 36.6 Å². The molecule has 0 amide bonds. The van der Waals surface area contributed by atoms with Crippen molar-refractivity contribution in [2.45, 2.75) is 39.3 Å². The molecule has 3 heterocycles. The third-order valence-corrected chi connectivity index (χ3v) is 5.66. The van der Waals surface area contributed by atoms with Crippen LogP contribution in [0.5, 0.6) is 5.75 Å². The largest absolute Gasteiger partial charge is 0.497 e. The summed E-state index contributed by atoms with van der Waals surface area (Å²) >= 11 is 0. The van der Waals surface area contributed by atoms with E-state index in [0.29, 0.717) is 5.92 Å². The minimum Gasteiger partial charge on any atom is -0.497 e. The van der Waals surface area contributed by atoms with Crippen LogP contribution in [0.15, 0.2) is 29.1 Å². The van der Waals surface area contributed by atoms with Crippen molar-refractivity contribution in [3.8, 4) is 5.75 Å². The molecule has 0 bridgehead atoms. The zero-order valence-electron chi connectivity index (χ0n) is 16.2. The van der Waals surface area contributed by atoms with Gasteiger partial charge in [0.05, 0.1) is 12.8 Å². The Labute approximate surface area is 160 Å². The Kier molecular flexibility index (Phi) is 5.16. The second-order valence-corrected chi connectivity index (χ2v) is 7.82. The fourth-order valence-electron chi connectivity index (χ4n) is 4.14. The lowest BCUT2D eigenvalue weighted by atomic mass is 10.0. The van der Waals surface area contributed by atoms with Crippen LogP contribution in [0.2, 0.25) is 0 Å². The van der Waals surface area contributed by atoms with Crippen molar-refractivity contribution in [2.75, 3.05) is 31.6 Å². The number of fused-ring (bicyclic) bond motifs is 1. The van der Waals surface area contributed by atoms with Gasteiger partial charge >= 0.3 is 0 Å². The van der Waals surface area contributed by atoms with E-state index in [4.69, 9.17) is 9.72 Å². The molecule has 144 valence electrons. The lowest BCUT2D eigenvalue weighted by Gasteiger charge is -2.33. The first-order chi connectivity index (χ1) is 13.1. The molecule has 2 aliphatic heterocycles. The van der Waals surface area contributed by atoms with Crippen LogP contribution in [-0.4, -0.2) is 41.6 Å². The summed E-state index contributed by atoms with van der Waals surface area (Å²) < 4.78 is 5.23.